The fraction of sp³-hybridized carbons (Fsp3) is 0.278. The van der Waals surface area contributed by atoms with Crippen molar-refractivity contribution in [1.82, 2.24) is 24.7 Å². The summed E-state index contributed by atoms with van der Waals surface area (Å²) in [6, 6.07) is 7.08. The monoisotopic (exact) mass is 381 g/mol. The minimum atomic E-state index is -0.137. The number of amides is 1. The lowest BCUT2D eigenvalue weighted by Gasteiger charge is -2.39. The molecule has 0 atom stereocenters. The van der Waals surface area contributed by atoms with E-state index in [2.05, 4.69) is 25.4 Å². The van der Waals surface area contributed by atoms with Crippen LogP contribution in [0.1, 0.15) is 0 Å². The lowest BCUT2D eigenvalue weighted by Crippen LogP contribution is -2.52. The molecule has 1 aliphatic rings. The van der Waals surface area contributed by atoms with Crippen molar-refractivity contribution in [2.24, 2.45) is 5.92 Å². The average Bonchev–Trinajstić information content (AvgIpc) is 3.21. The number of aromatic nitrogens is 5. The number of benzene rings is 1. The minimum absolute atomic E-state index is 0.0582. The molecule has 1 fully saturated rings. The molecule has 0 spiro atoms. The Kier molecular flexibility index (Phi) is 4.75. The van der Waals surface area contributed by atoms with Crippen LogP contribution in [-0.2, 0) is 4.79 Å². The number of carbonyl (C=O) groups excluding carboxylic acids is 1. The predicted octanol–water partition coefficient (Wildman–Crippen LogP) is 1.15. The number of anilines is 2. The first-order valence-electron chi connectivity index (χ1n) is 8.62. The van der Waals surface area contributed by atoms with Gasteiger partial charge in [0.1, 0.15) is 36.3 Å². The number of ether oxygens (including phenoxy) is 2. The summed E-state index contributed by atoms with van der Waals surface area (Å²) in [5.41, 5.74) is 0.634. The fourth-order valence-electron chi connectivity index (χ4n) is 2.92. The van der Waals surface area contributed by atoms with Gasteiger partial charge < -0.3 is 19.7 Å². The third-order valence-corrected chi connectivity index (χ3v) is 4.49. The van der Waals surface area contributed by atoms with Crippen molar-refractivity contribution >= 4 is 17.4 Å². The van der Waals surface area contributed by atoms with Gasteiger partial charge in [-0.15, -0.1) is 0 Å². The first kappa shape index (κ1) is 17.7. The van der Waals surface area contributed by atoms with Crippen LogP contribution >= 0.6 is 0 Å². The summed E-state index contributed by atoms with van der Waals surface area (Å²) in [5, 5.41) is 6.98. The third kappa shape index (κ3) is 3.56. The second kappa shape index (κ2) is 7.51. The molecule has 0 bridgehead atoms. The van der Waals surface area contributed by atoms with E-state index in [1.807, 2.05) is 11.0 Å². The highest BCUT2D eigenvalue weighted by atomic mass is 16.5. The molecule has 1 aromatic carbocycles. The van der Waals surface area contributed by atoms with Gasteiger partial charge in [-0.05, 0) is 0 Å². The molecule has 1 amide bonds. The summed E-state index contributed by atoms with van der Waals surface area (Å²) in [4.78, 5) is 26.9. The Morgan fingerprint density at radius 1 is 1.04 bits per heavy atom. The summed E-state index contributed by atoms with van der Waals surface area (Å²) in [6.07, 6.45) is 4.49. The molecule has 3 aromatic rings. The maximum Gasteiger partial charge on any atom is 0.231 e. The molecule has 28 heavy (non-hydrogen) atoms. The second-order valence-corrected chi connectivity index (χ2v) is 6.27. The Balaban J connectivity index is 1.39. The van der Waals surface area contributed by atoms with Crippen LogP contribution in [0.4, 0.5) is 11.5 Å². The Bertz CT molecular complexity index is 949. The van der Waals surface area contributed by atoms with E-state index in [1.54, 1.807) is 43.4 Å². The van der Waals surface area contributed by atoms with Crippen LogP contribution in [0.3, 0.4) is 0 Å². The minimum Gasteiger partial charge on any atom is -0.497 e. The van der Waals surface area contributed by atoms with E-state index >= 15 is 0 Å². The topological polar surface area (TPSA) is 107 Å². The van der Waals surface area contributed by atoms with E-state index in [1.165, 1.54) is 12.7 Å². The molecule has 0 saturated carbocycles. The van der Waals surface area contributed by atoms with E-state index < -0.39 is 0 Å². The Hall–Kier alpha value is -3.69. The van der Waals surface area contributed by atoms with Crippen LogP contribution in [0.25, 0.3) is 5.82 Å². The normalized spacial score (nSPS) is 13.7. The van der Waals surface area contributed by atoms with Crippen molar-refractivity contribution in [3.05, 3.63) is 43.2 Å². The van der Waals surface area contributed by atoms with Crippen molar-refractivity contribution in [3.63, 3.8) is 0 Å². The zero-order valence-corrected chi connectivity index (χ0v) is 15.4. The molecule has 0 aliphatic carbocycles. The van der Waals surface area contributed by atoms with Crippen molar-refractivity contribution in [2.75, 3.05) is 37.5 Å². The summed E-state index contributed by atoms with van der Waals surface area (Å²) < 4.78 is 12.0. The van der Waals surface area contributed by atoms with E-state index in [0.29, 0.717) is 36.1 Å². The molecule has 0 radical (unpaired) electrons. The summed E-state index contributed by atoms with van der Waals surface area (Å²) >= 11 is 0. The van der Waals surface area contributed by atoms with Crippen molar-refractivity contribution in [3.8, 4) is 17.3 Å². The van der Waals surface area contributed by atoms with Crippen LogP contribution in [-0.4, -0.2) is 57.9 Å². The summed E-state index contributed by atoms with van der Waals surface area (Å²) in [5.74, 6) is 2.41. The molecule has 3 heterocycles. The first-order chi connectivity index (χ1) is 13.7. The van der Waals surface area contributed by atoms with Gasteiger partial charge in [0.2, 0.25) is 5.91 Å². The molecule has 1 aliphatic heterocycles. The fourth-order valence-corrected chi connectivity index (χ4v) is 2.92. The van der Waals surface area contributed by atoms with Crippen LogP contribution in [0.2, 0.25) is 0 Å². The number of nitrogens with zero attached hydrogens (tertiary/aromatic N) is 6. The van der Waals surface area contributed by atoms with Crippen LogP contribution in [0, 0.1) is 5.92 Å². The molecular weight excluding hydrogens is 362 g/mol. The smallest absolute Gasteiger partial charge is 0.231 e. The zero-order chi connectivity index (χ0) is 19.5. The van der Waals surface area contributed by atoms with Gasteiger partial charge in [0.15, 0.2) is 5.82 Å². The second-order valence-electron chi connectivity index (χ2n) is 6.27. The SMILES string of the molecule is COc1cc(NC(=O)C2CN(c3cc(-n4cncn4)ncn3)C2)cc(OC)c1. The molecule has 1 saturated heterocycles. The van der Waals surface area contributed by atoms with Crippen molar-refractivity contribution in [2.45, 2.75) is 0 Å². The molecule has 10 nitrogen and oxygen atoms in total. The van der Waals surface area contributed by atoms with E-state index in [0.717, 1.165) is 5.82 Å². The van der Waals surface area contributed by atoms with Gasteiger partial charge >= 0.3 is 0 Å². The quantitative estimate of drug-likeness (QED) is 0.678. The first-order valence-corrected chi connectivity index (χ1v) is 8.62. The lowest BCUT2D eigenvalue weighted by molar-refractivity contribution is -0.120. The van der Waals surface area contributed by atoms with Crippen molar-refractivity contribution in [1.29, 1.82) is 0 Å². The van der Waals surface area contributed by atoms with Gasteiger partial charge in [-0.3, -0.25) is 4.79 Å². The number of rotatable bonds is 6. The van der Waals surface area contributed by atoms with Gasteiger partial charge in [0.25, 0.3) is 0 Å². The van der Waals surface area contributed by atoms with E-state index in [-0.39, 0.29) is 11.8 Å². The predicted molar refractivity (Wildman–Crippen MR) is 101 cm³/mol. The van der Waals surface area contributed by atoms with Crippen LogP contribution < -0.4 is 19.7 Å². The average molecular weight is 381 g/mol. The summed E-state index contributed by atoms with van der Waals surface area (Å²) in [6.45, 7) is 1.14. The molecule has 10 heteroatoms. The largest absolute Gasteiger partial charge is 0.497 e. The number of nitrogens with one attached hydrogen (secondary N) is 1. The molecular formula is C18H19N7O3. The number of carbonyl (C=O) groups is 1. The van der Waals surface area contributed by atoms with E-state index in [4.69, 9.17) is 9.47 Å². The lowest BCUT2D eigenvalue weighted by atomic mass is 9.99. The van der Waals surface area contributed by atoms with Gasteiger partial charge in [-0.25, -0.2) is 19.6 Å². The molecule has 1 N–H and O–H groups in total. The zero-order valence-electron chi connectivity index (χ0n) is 15.4. The molecule has 0 unspecified atom stereocenters. The van der Waals surface area contributed by atoms with Crippen molar-refractivity contribution < 1.29 is 14.3 Å². The Morgan fingerprint density at radius 2 is 1.75 bits per heavy atom. The highest BCUT2D eigenvalue weighted by molar-refractivity contribution is 5.94. The number of hydrogen-bond donors (Lipinski definition) is 1. The molecule has 2 aromatic heterocycles. The summed E-state index contributed by atoms with van der Waals surface area (Å²) in [7, 11) is 3.14. The highest BCUT2D eigenvalue weighted by Crippen LogP contribution is 2.28. The third-order valence-electron chi connectivity index (χ3n) is 4.49. The Labute approximate surface area is 161 Å². The maximum absolute atomic E-state index is 12.6. The highest BCUT2D eigenvalue weighted by Gasteiger charge is 2.33. The van der Waals surface area contributed by atoms with Gasteiger partial charge in [0.05, 0.1) is 20.1 Å². The number of hydrogen-bond acceptors (Lipinski definition) is 8. The van der Waals surface area contributed by atoms with Gasteiger partial charge in [-0.1, -0.05) is 0 Å². The maximum atomic E-state index is 12.6. The van der Waals surface area contributed by atoms with E-state index in [9.17, 15) is 4.79 Å². The Morgan fingerprint density at radius 3 is 2.39 bits per heavy atom. The van der Waals surface area contributed by atoms with Gasteiger partial charge in [0, 0.05) is 43.0 Å². The molecule has 4 rings (SSSR count). The van der Waals surface area contributed by atoms with Crippen LogP contribution in [0.15, 0.2) is 43.2 Å². The standard InChI is InChI=1S/C18H19N7O3/c1-27-14-3-13(4-15(5-14)28-2)23-18(26)12-7-24(8-12)16-6-17(21-10-20-16)25-11-19-9-22-25/h3-6,9-12H,7-8H2,1-2H3,(H,23,26). The molecule has 144 valence electrons. The number of methoxy groups -OCH3 is 2. The van der Waals surface area contributed by atoms with Crippen LogP contribution in [0.5, 0.6) is 11.5 Å². The van der Waals surface area contributed by atoms with Gasteiger partial charge in [-0.2, -0.15) is 5.10 Å².